The summed E-state index contributed by atoms with van der Waals surface area (Å²) in [5, 5.41) is 0. The summed E-state index contributed by atoms with van der Waals surface area (Å²) in [5.41, 5.74) is 5.67. The van der Waals surface area contributed by atoms with Crippen molar-refractivity contribution in [2.24, 2.45) is 5.73 Å². The monoisotopic (exact) mass is 225 g/mol. The minimum absolute atomic E-state index is 0.310. The van der Waals surface area contributed by atoms with Gasteiger partial charge in [-0.15, -0.1) is 0 Å². The number of hydrogen-bond acceptors (Lipinski definition) is 5. The average molecular weight is 225 g/mol. The Balaban J connectivity index is 3.09. The topological polar surface area (TPSA) is 70.8 Å². The second-order valence-electron chi connectivity index (χ2n) is 2.97. The van der Waals surface area contributed by atoms with E-state index in [1.165, 1.54) is 14.2 Å². The van der Waals surface area contributed by atoms with Crippen molar-refractivity contribution in [2.75, 3.05) is 27.4 Å². The molecule has 0 bridgehead atoms. The highest BCUT2D eigenvalue weighted by molar-refractivity contribution is 5.93. The smallest absolute Gasteiger partial charge is 0.341 e. The van der Waals surface area contributed by atoms with Gasteiger partial charge in [0, 0.05) is 6.54 Å². The minimum Gasteiger partial charge on any atom is -0.493 e. The van der Waals surface area contributed by atoms with Crippen LogP contribution in [0.3, 0.4) is 0 Å². The maximum atomic E-state index is 11.5. The van der Waals surface area contributed by atoms with Gasteiger partial charge in [-0.2, -0.15) is 0 Å². The zero-order valence-electron chi connectivity index (χ0n) is 9.36. The molecular formula is C11H15NO4. The van der Waals surface area contributed by atoms with E-state index in [4.69, 9.17) is 15.2 Å². The molecule has 0 fully saturated rings. The van der Waals surface area contributed by atoms with Crippen LogP contribution in [0.4, 0.5) is 0 Å². The Labute approximate surface area is 94.1 Å². The van der Waals surface area contributed by atoms with Crippen molar-refractivity contribution in [3.05, 3.63) is 23.8 Å². The Morgan fingerprint density at radius 2 is 2.12 bits per heavy atom. The van der Waals surface area contributed by atoms with Crippen LogP contribution in [0.25, 0.3) is 0 Å². The van der Waals surface area contributed by atoms with Crippen LogP contribution >= 0.6 is 0 Å². The first-order valence-electron chi connectivity index (χ1n) is 4.82. The van der Waals surface area contributed by atoms with Crippen LogP contribution in [0.1, 0.15) is 10.4 Å². The zero-order valence-corrected chi connectivity index (χ0v) is 9.36. The summed E-state index contributed by atoms with van der Waals surface area (Å²) in [6, 6.07) is 5.01. The fourth-order valence-corrected chi connectivity index (χ4v) is 1.26. The predicted molar refractivity (Wildman–Crippen MR) is 58.9 cm³/mol. The molecule has 88 valence electrons. The van der Waals surface area contributed by atoms with E-state index in [1.54, 1.807) is 18.2 Å². The SMILES string of the molecule is COC(=O)c1cccc(OC)c1OCCN. The molecule has 1 aromatic rings. The van der Waals surface area contributed by atoms with Crippen LogP contribution in [-0.4, -0.2) is 33.3 Å². The lowest BCUT2D eigenvalue weighted by molar-refractivity contribution is 0.0595. The molecule has 1 rings (SSSR count). The van der Waals surface area contributed by atoms with Gasteiger partial charge in [-0.05, 0) is 12.1 Å². The van der Waals surface area contributed by atoms with E-state index in [0.29, 0.717) is 30.2 Å². The van der Waals surface area contributed by atoms with Crippen LogP contribution in [0.5, 0.6) is 11.5 Å². The van der Waals surface area contributed by atoms with E-state index in [0.717, 1.165) is 0 Å². The van der Waals surface area contributed by atoms with Crippen molar-refractivity contribution >= 4 is 5.97 Å². The summed E-state index contributed by atoms with van der Waals surface area (Å²) in [5.74, 6) is 0.379. The third-order valence-electron chi connectivity index (χ3n) is 1.97. The van der Waals surface area contributed by atoms with Crippen molar-refractivity contribution in [2.45, 2.75) is 0 Å². The maximum Gasteiger partial charge on any atom is 0.341 e. The molecule has 0 saturated heterocycles. The standard InChI is InChI=1S/C11H15NO4/c1-14-9-5-3-4-8(11(13)15-2)10(9)16-7-6-12/h3-5H,6-7,12H2,1-2H3. The van der Waals surface area contributed by atoms with Gasteiger partial charge in [0.1, 0.15) is 12.2 Å². The highest BCUT2D eigenvalue weighted by Gasteiger charge is 2.17. The van der Waals surface area contributed by atoms with Gasteiger partial charge in [0.2, 0.25) is 0 Å². The lowest BCUT2D eigenvalue weighted by Crippen LogP contribution is -2.13. The molecule has 0 unspecified atom stereocenters. The first-order valence-corrected chi connectivity index (χ1v) is 4.82. The zero-order chi connectivity index (χ0) is 12.0. The van der Waals surface area contributed by atoms with E-state index in [2.05, 4.69) is 4.74 Å². The molecule has 1 aromatic carbocycles. The number of ether oxygens (including phenoxy) is 3. The van der Waals surface area contributed by atoms with Gasteiger partial charge in [-0.3, -0.25) is 0 Å². The Morgan fingerprint density at radius 3 is 2.69 bits per heavy atom. The Hall–Kier alpha value is -1.75. The summed E-state index contributed by atoms with van der Waals surface area (Å²) in [7, 11) is 2.82. The molecule has 0 atom stereocenters. The average Bonchev–Trinajstić information content (AvgIpc) is 2.34. The fourth-order valence-electron chi connectivity index (χ4n) is 1.26. The normalized spacial score (nSPS) is 9.69. The van der Waals surface area contributed by atoms with E-state index in [1.807, 2.05) is 0 Å². The first kappa shape index (κ1) is 12.3. The lowest BCUT2D eigenvalue weighted by Gasteiger charge is -2.13. The third-order valence-corrected chi connectivity index (χ3v) is 1.97. The van der Waals surface area contributed by atoms with Crippen molar-refractivity contribution in [1.29, 1.82) is 0 Å². The number of benzene rings is 1. The van der Waals surface area contributed by atoms with Crippen molar-refractivity contribution in [1.82, 2.24) is 0 Å². The number of nitrogens with two attached hydrogens (primary N) is 1. The number of esters is 1. The van der Waals surface area contributed by atoms with Crippen molar-refractivity contribution in [3.63, 3.8) is 0 Å². The molecular weight excluding hydrogens is 210 g/mol. The van der Waals surface area contributed by atoms with E-state index in [-0.39, 0.29) is 0 Å². The minimum atomic E-state index is -0.467. The summed E-state index contributed by atoms with van der Waals surface area (Å²) in [6.07, 6.45) is 0. The third kappa shape index (κ3) is 2.64. The molecule has 0 heterocycles. The van der Waals surface area contributed by atoms with Crippen LogP contribution < -0.4 is 15.2 Å². The van der Waals surface area contributed by atoms with Gasteiger partial charge in [-0.25, -0.2) is 4.79 Å². The van der Waals surface area contributed by atoms with Gasteiger partial charge in [0.15, 0.2) is 11.5 Å². The Bertz CT molecular complexity index is 365. The molecule has 0 spiro atoms. The van der Waals surface area contributed by atoms with E-state index < -0.39 is 5.97 Å². The van der Waals surface area contributed by atoms with Gasteiger partial charge in [0.05, 0.1) is 14.2 Å². The first-order chi connectivity index (χ1) is 7.74. The van der Waals surface area contributed by atoms with Gasteiger partial charge in [-0.1, -0.05) is 6.07 Å². The summed E-state index contributed by atoms with van der Waals surface area (Å²) < 4.78 is 15.1. The molecule has 0 aliphatic rings. The van der Waals surface area contributed by atoms with Gasteiger partial charge >= 0.3 is 5.97 Å². The van der Waals surface area contributed by atoms with E-state index >= 15 is 0 Å². The second kappa shape index (κ2) is 5.97. The van der Waals surface area contributed by atoms with E-state index in [9.17, 15) is 4.79 Å². The molecule has 0 aliphatic carbocycles. The largest absolute Gasteiger partial charge is 0.493 e. The second-order valence-corrected chi connectivity index (χ2v) is 2.97. The van der Waals surface area contributed by atoms with Crippen LogP contribution in [-0.2, 0) is 4.74 Å². The van der Waals surface area contributed by atoms with Crippen LogP contribution in [0.2, 0.25) is 0 Å². The molecule has 0 amide bonds. The highest BCUT2D eigenvalue weighted by Crippen LogP contribution is 2.31. The quantitative estimate of drug-likeness (QED) is 0.751. The fraction of sp³-hybridized carbons (Fsp3) is 0.364. The molecule has 5 nitrogen and oxygen atoms in total. The molecule has 0 saturated carbocycles. The molecule has 5 heteroatoms. The van der Waals surface area contributed by atoms with Gasteiger partial charge in [0.25, 0.3) is 0 Å². The summed E-state index contributed by atoms with van der Waals surface area (Å²) >= 11 is 0. The highest BCUT2D eigenvalue weighted by atomic mass is 16.5. The van der Waals surface area contributed by atoms with Crippen LogP contribution in [0, 0.1) is 0 Å². The lowest BCUT2D eigenvalue weighted by atomic mass is 10.2. The number of rotatable bonds is 5. The van der Waals surface area contributed by atoms with Crippen LogP contribution in [0.15, 0.2) is 18.2 Å². The number of para-hydroxylation sites is 1. The summed E-state index contributed by atoms with van der Waals surface area (Å²) in [4.78, 5) is 11.5. The molecule has 0 radical (unpaired) electrons. The number of carbonyl (C=O) groups excluding carboxylic acids is 1. The Morgan fingerprint density at radius 1 is 1.38 bits per heavy atom. The van der Waals surface area contributed by atoms with Gasteiger partial charge < -0.3 is 19.9 Å². The Kier molecular flexibility index (Phi) is 4.60. The maximum absolute atomic E-state index is 11.5. The number of methoxy groups -OCH3 is 2. The molecule has 0 aromatic heterocycles. The molecule has 2 N–H and O–H groups in total. The number of hydrogen-bond donors (Lipinski definition) is 1. The van der Waals surface area contributed by atoms with Crippen molar-refractivity contribution < 1.29 is 19.0 Å². The number of carbonyl (C=O) groups is 1. The van der Waals surface area contributed by atoms with Crippen molar-refractivity contribution in [3.8, 4) is 11.5 Å². The molecule has 16 heavy (non-hydrogen) atoms. The predicted octanol–water partition coefficient (Wildman–Crippen LogP) is 0.819. The molecule has 0 aliphatic heterocycles. The summed E-state index contributed by atoms with van der Waals surface area (Å²) in [6.45, 7) is 0.670.